The molecule has 1 N–H and O–H groups in total. The molecule has 0 aliphatic heterocycles. The zero-order valence-electron chi connectivity index (χ0n) is 10.5. The Morgan fingerprint density at radius 3 is 2.72 bits per heavy atom. The largest absolute Gasteiger partial charge is 0.306 e. The fourth-order valence-electron chi connectivity index (χ4n) is 1.88. The lowest BCUT2D eigenvalue weighted by molar-refractivity contribution is 0.628. The summed E-state index contributed by atoms with van der Waals surface area (Å²) in [5.74, 6) is 0. The monoisotopic (exact) mass is 261 g/mol. The lowest BCUT2D eigenvalue weighted by Crippen LogP contribution is -2.22. The van der Waals surface area contributed by atoms with Gasteiger partial charge in [0.05, 0.1) is 11.1 Å². The summed E-state index contributed by atoms with van der Waals surface area (Å²) < 4.78 is 0. The van der Waals surface area contributed by atoms with Gasteiger partial charge in [-0.2, -0.15) is 0 Å². The van der Waals surface area contributed by atoms with Crippen molar-refractivity contribution in [3.8, 4) is 0 Å². The maximum atomic E-state index is 6.21. The van der Waals surface area contributed by atoms with Gasteiger partial charge in [0.2, 0.25) is 0 Å². The van der Waals surface area contributed by atoms with Crippen LogP contribution in [0.2, 0.25) is 5.02 Å². The van der Waals surface area contributed by atoms with Gasteiger partial charge in [-0.25, -0.2) is 0 Å². The number of hydrogen-bond acceptors (Lipinski definition) is 3. The van der Waals surface area contributed by atoms with Crippen molar-refractivity contribution in [2.75, 3.05) is 6.54 Å². The van der Waals surface area contributed by atoms with Crippen LogP contribution in [0.1, 0.15) is 29.8 Å². The van der Waals surface area contributed by atoms with Gasteiger partial charge in [0.25, 0.3) is 0 Å². The molecule has 94 valence electrons. The van der Waals surface area contributed by atoms with Crippen LogP contribution in [0.25, 0.3) is 0 Å². The molecule has 0 bridgehead atoms. The fourth-order valence-corrected chi connectivity index (χ4v) is 2.11. The summed E-state index contributed by atoms with van der Waals surface area (Å²) in [6.45, 7) is 4.91. The maximum absolute atomic E-state index is 6.21. The first-order valence-electron chi connectivity index (χ1n) is 5.97. The van der Waals surface area contributed by atoms with Crippen LogP contribution < -0.4 is 5.32 Å². The topological polar surface area (TPSA) is 37.8 Å². The van der Waals surface area contributed by atoms with Gasteiger partial charge in [-0.3, -0.25) is 9.97 Å². The van der Waals surface area contributed by atoms with E-state index < -0.39 is 0 Å². The Morgan fingerprint density at radius 1 is 1.28 bits per heavy atom. The second-order valence-electron chi connectivity index (χ2n) is 4.12. The molecular weight excluding hydrogens is 246 g/mol. The van der Waals surface area contributed by atoms with Crippen LogP contribution in [0.4, 0.5) is 0 Å². The zero-order chi connectivity index (χ0) is 13.0. The molecule has 3 nitrogen and oxygen atoms in total. The van der Waals surface area contributed by atoms with Crippen molar-refractivity contribution < 1.29 is 0 Å². The summed E-state index contributed by atoms with van der Waals surface area (Å²) in [6, 6.07) is 6.08. The summed E-state index contributed by atoms with van der Waals surface area (Å²) in [5.41, 5.74) is 3.14. The Balaban J connectivity index is 2.40. The third-order valence-corrected chi connectivity index (χ3v) is 3.11. The average Bonchev–Trinajstić information content (AvgIpc) is 2.38. The Hall–Kier alpha value is -1.45. The van der Waals surface area contributed by atoms with Crippen LogP contribution >= 0.6 is 11.6 Å². The van der Waals surface area contributed by atoms with E-state index in [-0.39, 0.29) is 6.04 Å². The molecule has 2 heterocycles. The number of halogens is 1. The van der Waals surface area contributed by atoms with Crippen LogP contribution in [0.5, 0.6) is 0 Å². The van der Waals surface area contributed by atoms with Gasteiger partial charge in [0.1, 0.15) is 0 Å². The lowest BCUT2D eigenvalue weighted by Gasteiger charge is -2.19. The molecule has 0 saturated carbocycles. The van der Waals surface area contributed by atoms with E-state index in [9.17, 15) is 0 Å². The van der Waals surface area contributed by atoms with E-state index in [2.05, 4.69) is 28.3 Å². The number of pyridine rings is 2. The highest BCUT2D eigenvalue weighted by Crippen LogP contribution is 2.27. The number of hydrogen-bond donors (Lipinski definition) is 1. The number of nitrogens with one attached hydrogen (secondary N) is 1. The van der Waals surface area contributed by atoms with Gasteiger partial charge >= 0.3 is 0 Å². The summed E-state index contributed by atoms with van der Waals surface area (Å²) in [6.07, 6.45) is 5.31. The SMILES string of the molecule is CCNC(c1ccc(C)nc1)c1ccncc1Cl. The molecule has 0 aliphatic carbocycles. The van der Waals surface area contributed by atoms with E-state index >= 15 is 0 Å². The normalized spacial score (nSPS) is 12.4. The van der Waals surface area contributed by atoms with Crippen LogP contribution in [0.3, 0.4) is 0 Å². The predicted molar refractivity (Wildman–Crippen MR) is 73.7 cm³/mol. The maximum Gasteiger partial charge on any atom is 0.0640 e. The van der Waals surface area contributed by atoms with Crippen LogP contribution in [0, 0.1) is 6.92 Å². The van der Waals surface area contributed by atoms with Gasteiger partial charge in [0, 0.05) is 24.3 Å². The molecule has 0 saturated heterocycles. The molecule has 0 fully saturated rings. The minimum absolute atomic E-state index is 0.0543. The molecule has 1 atom stereocenters. The highest BCUT2D eigenvalue weighted by atomic mass is 35.5. The van der Waals surface area contributed by atoms with Crippen molar-refractivity contribution in [2.24, 2.45) is 0 Å². The molecule has 0 aromatic carbocycles. The molecule has 4 heteroatoms. The van der Waals surface area contributed by atoms with Crippen LogP contribution in [0.15, 0.2) is 36.8 Å². The van der Waals surface area contributed by atoms with Gasteiger partial charge in [0.15, 0.2) is 0 Å². The first kappa shape index (κ1) is 13.0. The first-order valence-corrected chi connectivity index (χ1v) is 6.35. The van der Waals surface area contributed by atoms with E-state index in [4.69, 9.17) is 11.6 Å². The smallest absolute Gasteiger partial charge is 0.0640 e. The van der Waals surface area contributed by atoms with Gasteiger partial charge in [-0.1, -0.05) is 24.6 Å². The molecule has 2 aromatic rings. The van der Waals surface area contributed by atoms with Crippen LogP contribution in [-0.4, -0.2) is 16.5 Å². The fraction of sp³-hybridized carbons (Fsp3) is 0.286. The Labute approximate surface area is 112 Å². The quantitative estimate of drug-likeness (QED) is 0.919. The third-order valence-electron chi connectivity index (χ3n) is 2.79. The number of aryl methyl sites for hydroxylation is 1. The van der Waals surface area contributed by atoms with Gasteiger partial charge < -0.3 is 5.32 Å². The van der Waals surface area contributed by atoms with E-state index in [0.717, 1.165) is 23.4 Å². The standard InChI is InChI=1S/C14H16ClN3/c1-3-17-14(11-5-4-10(2)18-8-11)12-6-7-16-9-13(12)15/h4-9,14,17H,3H2,1-2H3. The Morgan fingerprint density at radius 2 is 2.11 bits per heavy atom. The first-order chi connectivity index (χ1) is 8.72. The minimum atomic E-state index is 0.0543. The van der Waals surface area contributed by atoms with Crippen molar-refractivity contribution in [1.29, 1.82) is 0 Å². The zero-order valence-corrected chi connectivity index (χ0v) is 11.3. The molecule has 1 unspecified atom stereocenters. The molecule has 0 spiro atoms. The molecule has 0 amide bonds. The van der Waals surface area contributed by atoms with E-state index in [0.29, 0.717) is 5.02 Å². The number of aromatic nitrogens is 2. The molecular formula is C14H16ClN3. The van der Waals surface area contributed by atoms with Gasteiger partial charge in [-0.05, 0) is 36.7 Å². The lowest BCUT2D eigenvalue weighted by atomic mass is 10.0. The average molecular weight is 262 g/mol. The third kappa shape index (κ3) is 2.86. The van der Waals surface area contributed by atoms with Crippen molar-refractivity contribution in [3.63, 3.8) is 0 Å². The second kappa shape index (κ2) is 5.94. The molecule has 18 heavy (non-hydrogen) atoms. The number of rotatable bonds is 4. The molecule has 0 radical (unpaired) electrons. The number of nitrogens with zero attached hydrogens (tertiary/aromatic N) is 2. The second-order valence-corrected chi connectivity index (χ2v) is 4.53. The summed E-state index contributed by atoms with van der Waals surface area (Å²) >= 11 is 6.21. The predicted octanol–water partition coefficient (Wildman–Crippen LogP) is 3.14. The highest BCUT2D eigenvalue weighted by molar-refractivity contribution is 6.31. The van der Waals surface area contributed by atoms with E-state index in [1.54, 1.807) is 12.4 Å². The summed E-state index contributed by atoms with van der Waals surface area (Å²) in [7, 11) is 0. The summed E-state index contributed by atoms with van der Waals surface area (Å²) in [5, 5.41) is 4.09. The van der Waals surface area contributed by atoms with E-state index in [1.807, 2.05) is 25.3 Å². The Kier molecular flexibility index (Phi) is 4.28. The van der Waals surface area contributed by atoms with E-state index in [1.165, 1.54) is 0 Å². The van der Waals surface area contributed by atoms with Gasteiger partial charge in [-0.15, -0.1) is 0 Å². The van der Waals surface area contributed by atoms with Crippen molar-refractivity contribution in [1.82, 2.24) is 15.3 Å². The molecule has 2 aromatic heterocycles. The molecule has 2 rings (SSSR count). The van der Waals surface area contributed by atoms with Crippen LogP contribution in [-0.2, 0) is 0 Å². The minimum Gasteiger partial charge on any atom is -0.306 e. The highest BCUT2D eigenvalue weighted by Gasteiger charge is 2.16. The summed E-state index contributed by atoms with van der Waals surface area (Å²) in [4.78, 5) is 8.36. The van der Waals surface area contributed by atoms with Crippen molar-refractivity contribution in [2.45, 2.75) is 19.9 Å². The molecule has 0 aliphatic rings. The Bertz CT molecular complexity index is 511. The van der Waals surface area contributed by atoms with Crippen molar-refractivity contribution >= 4 is 11.6 Å². The van der Waals surface area contributed by atoms with Crippen molar-refractivity contribution in [3.05, 3.63) is 58.6 Å².